The molecule has 0 bridgehead atoms. The second-order valence-corrected chi connectivity index (χ2v) is 6.31. The number of aromatic nitrogens is 2. The van der Waals surface area contributed by atoms with Gasteiger partial charge in [-0.15, -0.1) is 0 Å². The van der Waals surface area contributed by atoms with Crippen LogP contribution >= 0.6 is 0 Å². The summed E-state index contributed by atoms with van der Waals surface area (Å²) in [6.45, 7) is 4.45. The van der Waals surface area contributed by atoms with E-state index in [0.717, 1.165) is 39.6 Å². The lowest BCUT2D eigenvalue weighted by Crippen LogP contribution is -1.95. The van der Waals surface area contributed by atoms with Crippen LogP contribution in [0.15, 0.2) is 59.4 Å². The highest BCUT2D eigenvalue weighted by Crippen LogP contribution is 2.34. The van der Waals surface area contributed by atoms with Crippen LogP contribution in [0.2, 0.25) is 0 Å². The predicted octanol–water partition coefficient (Wildman–Crippen LogP) is 5.24. The number of pyridine rings is 2. The fraction of sp³-hybridized carbons (Fsp3) is 0.200. The van der Waals surface area contributed by atoms with Crippen LogP contribution in [0.1, 0.15) is 19.4 Å². The molecule has 0 saturated heterocycles. The van der Waals surface area contributed by atoms with E-state index in [1.807, 2.05) is 36.8 Å². The third kappa shape index (κ3) is 2.48. The van der Waals surface area contributed by atoms with Crippen LogP contribution in [0.5, 0.6) is 0 Å². The van der Waals surface area contributed by atoms with Gasteiger partial charge in [0.25, 0.3) is 0 Å². The molecular weight excluding hydrogens is 284 g/mol. The van der Waals surface area contributed by atoms with Gasteiger partial charge in [0, 0.05) is 29.4 Å². The highest BCUT2D eigenvalue weighted by molar-refractivity contribution is 6.08. The molecule has 3 heteroatoms. The molecule has 0 spiro atoms. The summed E-state index contributed by atoms with van der Waals surface area (Å²) in [5.41, 5.74) is 4.90. The van der Waals surface area contributed by atoms with Gasteiger partial charge in [-0.25, -0.2) is 0 Å². The number of benzene rings is 1. The molecule has 3 aromatic heterocycles. The molecule has 4 aromatic rings. The maximum atomic E-state index is 6.08. The zero-order valence-corrected chi connectivity index (χ0v) is 13.3. The zero-order valence-electron chi connectivity index (χ0n) is 13.3. The molecule has 0 atom stereocenters. The molecule has 3 heterocycles. The molecule has 0 N–H and O–H groups in total. The third-order valence-electron chi connectivity index (χ3n) is 4.03. The van der Waals surface area contributed by atoms with E-state index >= 15 is 0 Å². The van der Waals surface area contributed by atoms with Gasteiger partial charge in [0.1, 0.15) is 11.2 Å². The van der Waals surface area contributed by atoms with E-state index in [0.29, 0.717) is 5.92 Å². The normalized spacial score (nSPS) is 11.6. The molecule has 0 fully saturated rings. The Bertz CT molecular complexity index is 985. The Morgan fingerprint density at radius 3 is 2.78 bits per heavy atom. The molecule has 0 saturated carbocycles. The van der Waals surface area contributed by atoms with Gasteiger partial charge < -0.3 is 4.42 Å². The molecule has 0 aliphatic heterocycles. The standard InChI is InChI=1S/C20H18N2O/c1-13(2)9-14-7-8-22-18(10-14)17-12-21-11-16-15-5-3-4-6-19(15)23-20(16)17/h3-8,10-13H,9H2,1-2H3. The van der Waals surface area contributed by atoms with Crippen molar-refractivity contribution >= 4 is 21.9 Å². The average molecular weight is 302 g/mol. The van der Waals surface area contributed by atoms with Gasteiger partial charge in [-0.05, 0) is 36.1 Å². The van der Waals surface area contributed by atoms with E-state index < -0.39 is 0 Å². The first-order valence-electron chi connectivity index (χ1n) is 7.93. The van der Waals surface area contributed by atoms with Gasteiger partial charge >= 0.3 is 0 Å². The number of fused-ring (bicyclic) bond motifs is 3. The van der Waals surface area contributed by atoms with Gasteiger partial charge in [0.15, 0.2) is 0 Å². The first kappa shape index (κ1) is 13.9. The Morgan fingerprint density at radius 2 is 1.91 bits per heavy atom. The zero-order chi connectivity index (χ0) is 15.8. The molecule has 0 radical (unpaired) electrons. The minimum atomic E-state index is 0.616. The maximum absolute atomic E-state index is 6.08. The van der Waals surface area contributed by atoms with Crippen molar-refractivity contribution in [1.82, 2.24) is 9.97 Å². The van der Waals surface area contributed by atoms with Crippen molar-refractivity contribution in [2.75, 3.05) is 0 Å². The number of hydrogen-bond donors (Lipinski definition) is 0. The quantitative estimate of drug-likeness (QED) is 0.519. The number of rotatable bonds is 3. The molecule has 23 heavy (non-hydrogen) atoms. The summed E-state index contributed by atoms with van der Waals surface area (Å²) in [6, 6.07) is 12.3. The molecule has 4 rings (SSSR count). The average Bonchev–Trinajstić information content (AvgIpc) is 2.93. The van der Waals surface area contributed by atoms with Gasteiger partial charge in [0.05, 0.1) is 11.3 Å². The highest BCUT2D eigenvalue weighted by atomic mass is 16.3. The monoisotopic (exact) mass is 302 g/mol. The molecular formula is C20H18N2O. The first-order chi connectivity index (χ1) is 11.2. The molecule has 0 aliphatic carbocycles. The SMILES string of the molecule is CC(C)Cc1ccnc(-c2cncc3c2oc2ccccc23)c1. The predicted molar refractivity (Wildman–Crippen MR) is 93.3 cm³/mol. The van der Waals surface area contributed by atoms with Crippen molar-refractivity contribution in [3.63, 3.8) is 0 Å². The number of furan rings is 1. The van der Waals surface area contributed by atoms with Gasteiger partial charge in [-0.3, -0.25) is 9.97 Å². The van der Waals surface area contributed by atoms with Crippen LogP contribution in [-0.2, 0) is 6.42 Å². The first-order valence-corrected chi connectivity index (χ1v) is 7.93. The summed E-state index contributed by atoms with van der Waals surface area (Å²) in [6.07, 6.45) is 6.61. The van der Waals surface area contributed by atoms with Gasteiger partial charge in [0.2, 0.25) is 0 Å². The van der Waals surface area contributed by atoms with E-state index in [-0.39, 0.29) is 0 Å². The summed E-state index contributed by atoms with van der Waals surface area (Å²) in [5.74, 6) is 0.616. The lowest BCUT2D eigenvalue weighted by molar-refractivity contribution is 0.647. The number of nitrogens with zero attached hydrogens (tertiary/aromatic N) is 2. The van der Waals surface area contributed by atoms with Crippen molar-refractivity contribution in [1.29, 1.82) is 0 Å². The second kappa shape index (κ2) is 5.51. The van der Waals surface area contributed by atoms with Crippen LogP contribution in [0, 0.1) is 5.92 Å². The van der Waals surface area contributed by atoms with Crippen molar-refractivity contribution in [2.24, 2.45) is 5.92 Å². The van der Waals surface area contributed by atoms with Crippen molar-refractivity contribution in [3.05, 3.63) is 60.6 Å². The Hall–Kier alpha value is -2.68. The van der Waals surface area contributed by atoms with Crippen molar-refractivity contribution < 1.29 is 4.42 Å². The van der Waals surface area contributed by atoms with E-state index in [4.69, 9.17) is 4.42 Å². The molecule has 114 valence electrons. The molecule has 0 unspecified atom stereocenters. The molecule has 0 aliphatic rings. The molecule has 1 aromatic carbocycles. The van der Waals surface area contributed by atoms with Crippen molar-refractivity contribution in [3.8, 4) is 11.3 Å². The minimum absolute atomic E-state index is 0.616. The van der Waals surface area contributed by atoms with E-state index in [1.165, 1.54) is 5.56 Å². The van der Waals surface area contributed by atoms with Crippen molar-refractivity contribution in [2.45, 2.75) is 20.3 Å². The Balaban J connectivity index is 1.92. The lowest BCUT2D eigenvalue weighted by atomic mass is 10.0. The fourth-order valence-electron chi connectivity index (χ4n) is 3.04. The summed E-state index contributed by atoms with van der Waals surface area (Å²) < 4.78 is 6.08. The smallest absolute Gasteiger partial charge is 0.147 e. The van der Waals surface area contributed by atoms with E-state index in [9.17, 15) is 0 Å². The summed E-state index contributed by atoms with van der Waals surface area (Å²) in [7, 11) is 0. The van der Waals surface area contributed by atoms with Crippen LogP contribution in [0.3, 0.4) is 0 Å². The Labute approximate surface area is 135 Å². The summed E-state index contributed by atoms with van der Waals surface area (Å²) in [5, 5.41) is 2.13. The summed E-state index contributed by atoms with van der Waals surface area (Å²) in [4.78, 5) is 8.94. The maximum Gasteiger partial charge on any atom is 0.147 e. The third-order valence-corrected chi connectivity index (χ3v) is 4.03. The van der Waals surface area contributed by atoms with E-state index in [2.05, 4.69) is 42.0 Å². The van der Waals surface area contributed by atoms with Crippen LogP contribution in [0.4, 0.5) is 0 Å². The van der Waals surface area contributed by atoms with Crippen LogP contribution in [-0.4, -0.2) is 9.97 Å². The number of hydrogen-bond acceptors (Lipinski definition) is 3. The topological polar surface area (TPSA) is 38.9 Å². The highest BCUT2D eigenvalue weighted by Gasteiger charge is 2.13. The van der Waals surface area contributed by atoms with Gasteiger partial charge in [-0.1, -0.05) is 32.0 Å². The fourth-order valence-corrected chi connectivity index (χ4v) is 3.04. The largest absolute Gasteiger partial charge is 0.455 e. The molecule has 3 nitrogen and oxygen atoms in total. The summed E-state index contributed by atoms with van der Waals surface area (Å²) >= 11 is 0. The van der Waals surface area contributed by atoms with Crippen LogP contribution in [0.25, 0.3) is 33.2 Å². The second-order valence-electron chi connectivity index (χ2n) is 6.31. The Kier molecular flexibility index (Phi) is 3.34. The lowest BCUT2D eigenvalue weighted by Gasteiger charge is -2.07. The molecule has 0 amide bonds. The van der Waals surface area contributed by atoms with Gasteiger partial charge in [-0.2, -0.15) is 0 Å². The van der Waals surface area contributed by atoms with E-state index in [1.54, 1.807) is 0 Å². The number of para-hydroxylation sites is 1. The van der Waals surface area contributed by atoms with Crippen LogP contribution < -0.4 is 0 Å². The minimum Gasteiger partial charge on any atom is -0.455 e. The Morgan fingerprint density at radius 1 is 1.04 bits per heavy atom.